The zero-order valence-corrected chi connectivity index (χ0v) is 14.2. The van der Waals surface area contributed by atoms with E-state index in [2.05, 4.69) is 34.2 Å². The summed E-state index contributed by atoms with van der Waals surface area (Å²) in [6, 6.07) is 11.7. The summed E-state index contributed by atoms with van der Waals surface area (Å²) in [7, 11) is 0. The van der Waals surface area contributed by atoms with Crippen LogP contribution in [-0.2, 0) is 4.79 Å². The van der Waals surface area contributed by atoms with Gasteiger partial charge in [0.05, 0.1) is 17.6 Å². The van der Waals surface area contributed by atoms with Crippen molar-refractivity contribution >= 4 is 11.7 Å². The van der Waals surface area contributed by atoms with Crippen LogP contribution in [0.15, 0.2) is 48.8 Å². The fourth-order valence-corrected chi connectivity index (χ4v) is 3.11. The van der Waals surface area contributed by atoms with Crippen LogP contribution >= 0.6 is 0 Å². The Morgan fingerprint density at radius 3 is 2.76 bits per heavy atom. The maximum absolute atomic E-state index is 12.3. The van der Waals surface area contributed by atoms with Crippen molar-refractivity contribution in [1.29, 1.82) is 0 Å². The standard InChI is InChI=1S/C19H19N5O/c1-12(2)18-20-9-8-16(22-18)14-10-17(25)23-19-15(14)11-21-24(19)13-6-4-3-5-7-13/h3-9,11-12,14H,10H2,1-2H3,(H,23,25)/t14-/m0/s1. The Balaban J connectivity index is 1.80. The lowest BCUT2D eigenvalue weighted by atomic mass is 9.91. The normalized spacial score (nSPS) is 16.6. The number of benzene rings is 1. The molecule has 0 saturated carbocycles. The van der Waals surface area contributed by atoms with E-state index in [4.69, 9.17) is 0 Å². The highest BCUT2D eigenvalue weighted by atomic mass is 16.1. The van der Waals surface area contributed by atoms with Gasteiger partial charge in [-0.3, -0.25) is 4.79 Å². The number of carbonyl (C=O) groups is 1. The van der Waals surface area contributed by atoms with Gasteiger partial charge < -0.3 is 5.32 Å². The van der Waals surface area contributed by atoms with E-state index in [0.717, 1.165) is 28.6 Å². The van der Waals surface area contributed by atoms with Gasteiger partial charge in [0.15, 0.2) is 0 Å². The first-order valence-electron chi connectivity index (χ1n) is 8.39. The van der Waals surface area contributed by atoms with E-state index < -0.39 is 0 Å². The molecule has 0 aliphatic carbocycles. The smallest absolute Gasteiger partial charge is 0.226 e. The minimum absolute atomic E-state index is 0.0279. The molecule has 1 N–H and O–H groups in total. The minimum Gasteiger partial charge on any atom is -0.310 e. The van der Waals surface area contributed by atoms with Gasteiger partial charge >= 0.3 is 0 Å². The summed E-state index contributed by atoms with van der Waals surface area (Å²) < 4.78 is 1.77. The summed E-state index contributed by atoms with van der Waals surface area (Å²) in [5.41, 5.74) is 2.76. The fourth-order valence-electron chi connectivity index (χ4n) is 3.11. The minimum atomic E-state index is -0.110. The number of para-hydroxylation sites is 1. The van der Waals surface area contributed by atoms with Crippen LogP contribution in [-0.4, -0.2) is 25.7 Å². The van der Waals surface area contributed by atoms with Gasteiger partial charge in [-0.25, -0.2) is 14.6 Å². The van der Waals surface area contributed by atoms with Gasteiger partial charge in [-0.15, -0.1) is 0 Å². The number of hydrogen-bond acceptors (Lipinski definition) is 4. The average molecular weight is 333 g/mol. The van der Waals surface area contributed by atoms with Crippen LogP contribution < -0.4 is 5.32 Å². The van der Waals surface area contributed by atoms with Gasteiger partial charge in [-0.1, -0.05) is 32.0 Å². The van der Waals surface area contributed by atoms with Gasteiger partial charge in [0.1, 0.15) is 11.6 Å². The Morgan fingerprint density at radius 1 is 1.20 bits per heavy atom. The van der Waals surface area contributed by atoms with E-state index >= 15 is 0 Å². The molecule has 3 aromatic rings. The first kappa shape index (κ1) is 15.5. The van der Waals surface area contributed by atoms with Crippen molar-refractivity contribution in [3.8, 4) is 5.69 Å². The molecular weight excluding hydrogens is 314 g/mol. The van der Waals surface area contributed by atoms with Crippen molar-refractivity contribution in [3.63, 3.8) is 0 Å². The molecule has 0 spiro atoms. The highest BCUT2D eigenvalue weighted by molar-refractivity contribution is 5.94. The molecule has 25 heavy (non-hydrogen) atoms. The summed E-state index contributed by atoms with van der Waals surface area (Å²) in [6.45, 7) is 4.12. The molecule has 2 aromatic heterocycles. The van der Waals surface area contributed by atoms with Crippen LogP contribution in [0, 0.1) is 0 Å². The van der Waals surface area contributed by atoms with Crippen LogP contribution in [0.1, 0.15) is 49.2 Å². The molecule has 1 aliphatic rings. The molecule has 1 atom stereocenters. The first-order valence-corrected chi connectivity index (χ1v) is 8.39. The van der Waals surface area contributed by atoms with Gasteiger partial charge in [0.25, 0.3) is 0 Å². The number of amides is 1. The van der Waals surface area contributed by atoms with Crippen molar-refractivity contribution in [2.45, 2.75) is 32.1 Å². The third-order valence-corrected chi connectivity index (χ3v) is 4.39. The van der Waals surface area contributed by atoms with Crippen molar-refractivity contribution in [2.75, 3.05) is 5.32 Å². The Bertz CT molecular complexity index is 917. The van der Waals surface area contributed by atoms with Gasteiger partial charge in [-0.2, -0.15) is 5.10 Å². The molecule has 6 nitrogen and oxygen atoms in total. The van der Waals surface area contributed by atoms with E-state index in [9.17, 15) is 4.79 Å². The number of hydrogen-bond donors (Lipinski definition) is 1. The van der Waals surface area contributed by atoms with E-state index in [-0.39, 0.29) is 17.7 Å². The largest absolute Gasteiger partial charge is 0.310 e. The second kappa shape index (κ2) is 6.12. The lowest BCUT2D eigenvalue weighted by Crippen LogP contribution is -2.25. The molecule has 0 fully saturated rings. The predicted molar refractivity (Wildman–Crippen MR) is 94.8 cm³/mol. The number of nitrogens with zero attached hydrogens (tertiary/aromatic N) is 4. The zero-order valence-electron chi connectivity index (χ0n) is 14.2. The van der Waals surface area contributed by atoms with Gasteiger partial charge in [-0.05, 0) is 18.2 Å². The second-order valence-electron chi connectivity index (χ2n) is 6.50. The quantitative estimate of drug-likeness (QED) is 0.798. The zero-order chi connectivity index (χ0) is 17.4. The predicted octanol–water partition coefficient (Wildman–Crippen LogP) is 3.26. The summed E-state index contributed by atoms with van der Waals surface area (Å²) >= 11 is 0. The van der Waals surface area contributed by atoms with Crippen molar-refractivity contribution in [2.24, 2.45) is 0 Å². The van der Waals surface area contributed by atoms with Crippen LogP contribution in [0.3, 0.4) is 0 Å². The number of nitrogens with one attached hydrogen (secondary N) is 1. The molecule has 6 heteroatoms. The van der Waals surface area contributed by atoms with Crippen LogP contribution in [0.2, 0.25) is 0 Å². The highest BCUT2D eigenvalue weighted by Gasteiger charge is 2.31. The lowest BCUT2D eigenvalue weighted by molar-refractivity contribution is -0.116. The third kappa shape index (κ3) is 2.80. The number of carbonyl (C=O) groups excluding carboxylic acids is 1. The first-order chi connectivity index (χ1) is 12.1. The van der Waals surface area contributed by atoms with Crippen LogP contribution in [0.25, 0.3) is 5.69 Å². The Morgan fingerprint density at radius 2 is 2.00 bits per heavy atom. The summed E-state index contributed by atoms with van der Waals surface area (Å²) in [6.07, 6.45) is 3.96. The SMILES string of the molecule is CC(C)c1nccc([C@H]2CC(=O)Nc3c2cnn3-c2ccccc2)n1. The molecule has 0 bridgehead atoms. The lowest BCUT2D eigenvalue weighted by Gasteiger charge is -2.23. The second-order valence-corrected chi connectivity index (χ2v) is 6.50. The summed E-state index contributed by atoms with van der Waals surface area (Å²) in [4.78, 5) is 21.3. The monoisotopic (exact) mass is 333 g/mol. The molecule has 1 aliphatic heterocycles. The molecule has 1 aromatic carbocycles. The number of aromatic nitrogens is 4. The van der Waals surface area contributed by atoms with Gasteiger partial charge in [0.2, 0.25) is 5.91 Å². The number of anilines is 1. The van der Waals surface area contributed by atoms with Crippen LogP contribution in [0.4, 0.5) is 5.82 Å². The fraction of sp³-hybridized carbons (Fsp3) is 0.263. The third-order valence-electron chi connectivity index (χ3n) is 4.39. The molecule has 0 radical (unpaired) electrons. The van der Waals surface area contributed by atoms with Crippen LogP contribution in [0.5, 0.6) is 0 Å². The van der Waals surface area contributed by atoms with E-state index in [1.807, 2.05) is 42.6 Å². The van der Waals surface area contributed by atoms with Crippen molar-refractivity contribution in [3.05, 3.63) is 65.9 Å². The van der Waals surface area contributed by atoms with E-state index in [1.165, 1.54) is 0 Å². The molecule has 0 saturated heterocycles. The molecule has 3 heterocycles. The van der Waals surface area contributed by atoms with Crippen molar-refractivity contribution in [1.82, 2.24) is 19.7 Å². The topological polar surface area (TPSA) is 72.7 Å². The maximum Gasteiger partial charge on any atom is 0.226 e. The molecule has 0 unspecified atom stereocenters. The molecule has 1 amide bonds. The molecule has 4 rings (SSSR count). The average Bonchev–Trinajstić information content (AvgIpc) is 3.05. The van der Waals surface area contributed by atoms with Crippen molar-refractivity contribution < 1.29 is 4.79 Å². The molecular formula is C19H19N5O. The number of fused-ring (bicyclic) bond motifs is 1. The summed E-state index contributed by atoms with van der Waals surface area (Å²) in [5, 5.41) is 7.46. The van der Waals surface area contributed by atoms with E-state index in [0.29, 0.717) is 6.42 Å². The highest BCUT2D eigenvalue weighted by Crippen LogP contribution is 2.37. The molecule has 126 valence electrons. The summed E-state index contributed by atoms with van der Waals surface area (Å²) in [5.74, 6) is 1.61. The van der Waals surface area contributed by atoms with Gasteiger partial charge in [0, 0.05) is 30.0 Å². The Kier molecular flexibility index (Phi) is 3.80. The number of rotatable bonds is 3. The van der Waals surface area contributed by atoms with E-state index in [1.54, 1.807) is 10.9 Å². The maximum atomic E-state index is 12.3. The Hall–Kier alpha value is -3.02. The Labute approximate surface area is 145 Å².